The summed E-state index contributed by atoms with van der Waals surface area (Å²) in [4.78, 5) is 22.4. The lowest BCUT2D eigenvalue weighted by molar-refractivity contribution is -0.125. The van der Waals surface area contributed by atoms with E-state index < -0.39 is 0 Å². The zero-order valence-electron chi connectivity index (χ0n) is 12.3. The summed E-state index contributed by atoms with van der Waals surface area (Å²) in [5.41, 5.74) is 6.25. The first-order valence-electron chi connectivity index (χ1n) is 6.97. The third kappa shape index (κ3) is 8.06. The van der Waals surface area contributed by atoms with Gasteiger partial charge >= 0.3 is 0 Å². The first kappa shape index (κ1) is 17.1. The molecule has 1 aromatic carbocycles. The van der Waals surface area contributed by atoms with Crippen LogP contribution in [0.2, 0.25) is 0 Å². The Bertz CT molecular complexity index is 437. The molecule has 0 saturated heterocycles. The molecule has 0 aromatic heterocycles. The average Bonchev–Trinajstić information content (AvgIpc) is 2.51. The molecule has 116 valence electrons. The quantitative estimate of drug-likeness (QED) is 0.599. The molecule has 6 nitrogen and oxygen atoms in total. The average molecular weight is 293 g/mol. The van der Waals surface area contributed by atoms with Gasteiger partial charge in [0.15, 0.2) is 0 Å². The highest BCUT2D eigenvalue weighted by Crippen LogP contribution is 2.02. The molecule has 0 aliphatic carbocycles. The summed E-state index contributed by atoms with van der Waals surface area (Å²) in [5, 5.41) is 5.15. The summed E-state index contributed by atoms with van der Waals surface area (Å²) >= 11 is 0. The second kappa shape index (κ2) is 9.90. The number of rotatable bonds is 9. The minimum atomic E-state index is -0.343. The van der Waals surface area contributed by atoms with E-state index in [4.69, 9.17) is 10.5 Å². The first-order chi connectivity index (χ1) is 10.1. The van der Waals surface area contributed by atoms with Crippen LogP contribution in [0.15, 0.2) is 30.3 Å². The van der Waals surface area contributed by atoms with Gasteiger partial charge in [-0.25, -0.2) is 0 Å². The normalized spacial score (nSPS) is 11.7. The van der Waals surface area contributed by atoms with Gasteiger partial charge in [-0.2, -0.15) is 0 Å². The zero-order valence-corrected chi connectivity index (χ0v) is 12.3. The van der Waals surface area contributed by atoms with Crippen LogP contribution < -0.4 is 16.4 Å². The monoisotopic (exact) mass is 293 g/mol. The molecule has 4 N–H and O–H groups in total. The fourth-order valence-electron chi connectivity index (χ4n) is 1.61. The molecule has 0 heterocycles. The highest BCUT2D eigenvalue weighted by molar-refractivity contribution is 5.85. The van der Waals surface area contributed by atoms with Gasteiger partial charge in [-0.1, -0.05) is 37.3 Å². The molecule has 21 heavy (non-hydrogen) atoms. The van der Waals surface area contributed by atoms with Crippen molar-refractivity contribution in [1.29, 1.82) is 0 Å². The highest BCUT2D eigenvalue weighted by Gasteiger charge is 2.07. The van der Waals surface area contributed by atoms with Crippen molar-refractivity contribution in [2.45, 2.75) is 13.5 Å². The Hall–Kier alpha value is -1.92. The molecule has 1 atom stereocenters. The summed E-state index contributed by atoms with van der Waals surface area (Å²) < 4.78 is 5.59. The Kier molecular flexibility index (Phi) is 8.08. The standard InChI is InChI=1S/C15H23N3O3/c1-12(8-17-15(20)9-18-14(19)7-16)10-21-11-13-5-3-2-4-6-13/h2-6,12H,7-11,16H2,1H3,(H,17,20)(H,18,19). The molecule has 0 aliphatic rings. The van der Waals surface area contributed by atoms with Crippen LogP contribution in [0.5, 0.6) is 0 Å². The van der Waals surface area contributed by atoms with E-state index in [0.717, 1.165) is 5.56 Å². The summed E-state index contributed by atoms with van der Waals surface area (Å²) in [7, 11) is 0. The van der Waals surface area contributed by atoms with Crippen molar-refractivity contribution in [3.05, 3.63) is 35.9 Å². The molecule has 1 aromatic rings. The van der Waals surface area contributed by atoms with Gasteiger partial charge < -0.3 is 21.1 Å². The van der Waals surface area contributed by atoms with Gasteiger partial charge in [0.2, 0.25) is 11.8 Å². The van der Waals surface area contributed by atoms with Crippen LogP contribution in [-0.4, -0.2) is 38.1 Å². The molecule has 0 radical (unpaired) electrons. The molecule has 0 bridgehead atoms. The van der Waals surface area contributed by atoms with E-state index >= 15 is 0 Å². The van der Waals surface area contributed by atoms with Crippen LogP contribution >= 0.6 is 0 Å². The van der Waals surface area contributed by atoms with E-state index in [1.54, 1.807) is 0 Å². The van der Waals surface area contributed by atoms with E-state index in [2.05, 4.69) is 10.6 Å². The summed E-state index contributed by atoms with van der Waals surface area (Å²) in [6.07, 6.45) is 0. The SMILES string of the molecule is CC(CNC(=O)CNC(=O)CN)COCc1ccccc1. The van der Waals surface area contributed by atoms with Crippen molar-refractivity contribution in [1.82, 2.24) is 10.6 Å². The van der Waals surface area contributed by atoms with Crippen LogP contribution in [0.4, 0.5) is 0 Å². The van der Waals surface area contributed by atoms with E-state index in [9.17, 15) is 9.59 Å². The number of amides is 2. The van der Waals surface area contributed by atoms with Crippen molar-refractivity contribution in [3.8, 4) is 0 Å². The van der Waals surface area contributed by atoms with Crippen molar-refractivity contribution in [3.63, 3.8) is 0 Å². The minimum absolute atomic E-state index is 0.0480. The molecule has 1 rings (SSSR count). The Morgan fingerprint density at radius 2 is 1.90 bits per heavy atom. The highest BCUT2D eigenvalue weighted by atomic mass is 16.5. The van der Waals surface area contributed by atoms with Gasteiger partial charge in [0.25, 0.3) is 0 Å². The van der Waals surface area contributed by atoms with Crippen molar-refractivity contribution in [2.75, 3.05) is 26.2 Å². The van der Waals surface area contributed by atoms with E-state index in [1.807, 2.05) is 37.3 Å². The van der Waals surface area contributed by atoms with Gasteiger partial charge in [0.1, 0.15) is 0 Å². The lowest BCUT2D eigenvalue weighted by atomic mass is 10.2. The topological polar surface area (TPSA) is 93.5 Å². The summed E-state index contributed by atoms with van der Waals surface area (Å²) in [6.45, 7) is 3.45. The Balaban J connectivity index is 2.09. The van der Waals surface area contributed by atoms with Gasteiger partial charge in [0, 0.05) is 6.54 Å². The smallest absolute Gasteiger partial charge is 0.239 e. The second-order valence-corrected chi connectivity index (χ2v) is 4.89. The van der Waals surface area contributed by atoms with E-state index in [0.29, 0.717) is 19.8 Å². The van der Waals surface area contributed by atoms with Gasteiger partial charge in [-0.05, 0) is 11.5 Å². The molecule has 6 heteroatoms. The minimum Gasteiger partial charge on any atom is -0.376 e. The van der Waals surface area contributed by atoms with Gasteiger partial charge in [0.05, 0.1) is 26.3 Å². The van der Waals surface area contributed by atoms with Gasteiger partial charge in [-0.3, -0.25) is 9.59 Å². The first-order valence-corrected chi connectivity index (χ1v) is 6.97. The van der Waals surface area contributed by atoms with Crippen LogP contribution in [0.25, 0.3) is 0 Å². The molecule has 0 aliphatic heterocycles. The number of ether oxygens (including phenoxy) is 1. The van der Waals surface area contributed by atoms with Crippen molar-refractivity contribution >= 4 is 11.8 Å². The van der Waals surface area contributed by atoms with Crippen molar-refractivity contribution < 1.29 is 14.3 Å². The molecule has 0 saturated carbocycles. The number of benzene rings is 1. The predicted molar refractivity (Wildman–Crippen MR) is 80.3 cm³/mol. The van der Waals surface area contributed by atoms with E-state index in [1.165, 1.54) is 0 Å². The van der Waals surface area contributed by atoms with Crippen LogP contribution in [0, 0.1) is 5.92 Å². The molecule has 2 amide bonds. The molecule has 1 unspecified atom stereocenters. The maximum Gasteiger partial charge on any atom is 0.239 e. The molecule has 0 spiro atoms. The zero-order chi connectivity index (χ0) is 15.5. The van der Waals surface area contributed by atoms with Crippen LogP contribution in [0.3, 0.4) is 0 Å². The number of nitrogens with one attached hydrogen (secondary N) is 2. The Morgan fingerprint density at radius 1 is 1.19 bits per heavy atom. The fourth-order valence-corrected chi connectivity index (χ4v) is 1.61. The maximum atomic E-state index is 11.5. The second-order valence-electron chi connectivity index (χ2n) is 4.89. The number of hydrogen-bond acceptors (Lipinski definition) is 4. The van der Waals surface area contributed by atoms with E-state index in [-0.39, 0.29) is 30.8 Å². The largest absolute Gasteiger partial charge is 0.376 e. The third-order valence-electron chi connectivity index (χ3n) is 2.79. The summed E-state index contributed by atoms with van der Waals surface area (Å²) in [6, 6.07) is 9.92. The van der Waals surface area contributed by atoms with Crippen LogP contribution in [-0.2, 0) is 20.9 Å². The number of carbonyl (C=O) groups excluding carboxylic acids is 2. The summed E-state index contributed by atoms with van der Waals surface area (Å²) in [5.74, 6) is -0.376. The number of hydrogen-bond donors (Lipinski definition) is 3. The molecule has 0 fully saturated rings. The van der Waals surface area contributed by atoms with Crippen LogP contribution in [0.1, 0.15) is 12.5 Å². The Morgan fingerprint density at radius 3 is 2.57 bits per heavy atom. The molecular weight excluding hydrogens is 270 g/mol. The third-order valence-corrected chi connectivity index (χ3v) is 2.79. The lowest BCUT2D eigenvalue weighted by Gasteiger charge is -2.13. The molecular formula is C15H23N3O3. The lowest BCUT2D eigenvalue weighted by Crippen LogP contribution is -2.41. The van der Waals surface area contributed by atoms with Gasteiger partial charge in [-0.15, -0.1) is 0 Å². The predicted octanol–water partition coefficient (Wildman–Crippen LogP) is 0.0304. The number of nitrogens with two attached hydrogens (primary N) is 1. The maximum absolute atomic E-state index is 11.5. The van der Waals surface area contributed by atoms with Crippen molar-refractivity contribution in [2.24, 2.45) is 11.7 Å². The number of carbonyl (C=O) groups is 2. The Labute approximate surface area is 125 Å². The fraction of sp³-hybridized carbons (Fsp3) is 0.467.